The lowest BCUT2D eigenvalue weighted by molar-refractivity contribution is 0.270. The van der Waals surface area contributed by atoms with Gasteiger partial charge >= 0.3 is 0 Å². The standard InChI is InChI=1S/C16H21ClN6.C14H17ClN6/c1-3-22-4-6-23(7-5-22)16-14(18)13(10-19-2)12-8-11(17)9-20-15(12)21-16;1-17-5-11-10-3-8(15)4-19-13(10)20-14(12(11)16)21-6-9(7-21)18-2/h8-10H,3-7,18H2,1-2H3;3-5,9,18H,6-7,16H2,1-2H3. The molecule has 0 atom stereocenters. The van der Waals surface area contributed by atoms with Gasteiger partial charge in [-0.05, 0) is 25.7 Å². The molecule has 5 N–H and O–H groups in total. The van der Waals surface area contributed by atoms with Gasteiger partial charge in [0.2, 0.25) is 0 Å². The van der Waals surface area contributed by atoms with E-state index >= 15 is 0 Å². The highest BCUT2D eigenvalue weighted by Gasteiger charge is 2.29. The summed E-state index contributed by atoms with van der Waals surface area (Å²) in [4.78, 5) is 32.9. The van der Waals surface area contributed by atoms with E-state index in [1.54, 1.807) is 38.9 Å². The van der Waals surface area contributed by atoms with E-state index in [0.29, 0.717) is 38.8 Å². The topological polar surface area (TPSA) is 150 Å². The summed E-state index contributed by atoms with van der Waals surface area (Å²) in [6.07, 6.45) is 6.69. The van der Waals surface area contributed by atoms with Gasteiger partial charge in [-0.1, -0.05) is 30.1 Å². The molecule has 0 unspecified atom stereocenters. The van der Waals surface area contributed by atoms with Crippen molar-refractivity contribution in [2.75, 3.05) is 88.2 Å². The smallest absolute Gasteiger partial charge is 0.162 e. The molecule has 0 bridgehead atoms. The van der Waals surface area contributed by atoms with Gasteiger partial charge in [0.15, 0.2) is 22.9 Å². The number of nitrogens with one attached hydrogen (secondary N) is 1. The normalized spacial score (nSPS) is 16.2. The number of nitrogen functional groups attached to an aromatic ring is 2. The molecule has 2 aliphatic heterocycles. The number of rotatable bonds is 6. The minimum absolute atomic E-state index is 0.475. The van der Waals surface area contributed by atoms with Crippen molar-refractivity contribution in [3.8, 4) is 0 Å². The molecule has 4 aromatic heterocycles. The summed E-state index contributed by atoms with van der Waals surface area (Å²) in [6, 6.07) is 4.13. The van der Waals surface area contributed by atoms with Crippen molar-refractivity contribution in [3.63, 3.8) is 0 Å². The van der Waals surface area contributed by atoms with Crippen LogP contribution in [-0.4, -0.2) is 110 Å². The van der Waals surface area contributed by atoms with Gasteiger partial charge in [-0.15, -0.1) is 0 Å². The number of halogens is 2. The predicted octanol–water partition coefficient (Wildman–Crippen LogP) is 3.38. The summed E-state index contributed by atoms with van der Waals surface area (Å²) in [6.45, 7) is 8.87. The van der Waals surface area contributed by atoms with Crippen molar-refractivity contribution in [1.82, 2.24) is 30.2 Å². The van der Waals surface area contributed by atoms with Crippen LogP contribution in [0.25, 0.3) is 22.1 Å². The van der Waals surface area contributed by atoms with E-state index in [4.69, 9.17) is 34.7 Å². The zero-order valence-corrected chi connectivity index (χ0v) is 26.9. The van der Waals surface area contributed by atoms with Crippen LogP contribution in [0, 0.1) is 0 Å². The van der Waals surface area contributed by atoms with Crippen LogP contribution >= 0.6 is 23.2 Å². The summed E-state index contributed by atoms with van der Waals surface area (Å²) in [5.41, 5.74) is 16.9. The Balaban J connectivity index is 0.000000175. The highest BCUT2D eigenvalue weighted by Crippen LogP contribution is 2.33. The number of fused-ring (bicyclic) bond motifs is 2. The molecule has 2 aliphatic rings. The number of pyridine rings is 4. The fourth-order valence-electron chi connectivity index (χ4n) is 5.42. The Morgan fingerprint density at radius 3 is 1.75 bits per heavy atom. The van der Waals surface area contributed by atoms with Gasteiger partial charge in [-0.2, -0.15) is 0 Å². The maximum Gasteiger partial charge on any atom is 0.162 e. The molecule has 12 nitrogen and oxygen atoms in total. The minimum Gasteiger partial charge on any atom is -0.395 e. The highest BCUT2D eigenvalue weighted by molar-refractivity contribution is 6.31. The number of anilines is 4. The van der Waals surface area contributed by atoms with E-state index in [9.17, 15) is 0 Å². The third kappa shape index (κ3) is 6.48. The molecule has 0 saturated carbocycles. The van der Waals surface area contributed by atoms with Crippen LogP contribution in [-0.2, 0) is 0 Å². The van der Waals surface area contributed by atoms with E-state index in [2.05, 4.69) is 56.9 Å². The third-order valence-electron chi connectivity index (χ3n) is 7.96. The Hall–Kier alpha value is -3.84. The van der Waals surface area contributed by atoms with Gasteiger partial charge in [0.05, 0.1) is 21.4 Å². The van der Waals surface area contributed by atoms with Crippen molar-refractivity contribution >= 4 is 80.7 Å². The van der Waals surface area contributed by atoms with E-state index in [0.717, 1.165) is 79.3 Å². The highest BCUT2D eigenvalue weighted by atomic mass is 35.5. The number of nitrogens with two attached hydrogens (primary N) is 2. The fourth-order valence-corrected chi connectivity index (χ4v) is 5.74. The lowest BCUT2D eigenvalue weighted by atomic mass is 10.1. The maximum atomic E-state index is 6.40. The molecule has 44 heavy (non-hydrogen) atoms. The molecule has 0 spiro atoms. The van der Waals surface area contributed by atoms with Crippen LogP contribution in [0.4, 0.5) is 23.0 Å². The zero-order valence-electron chi connectivity index (χ0n) is 25.4. The number of piperazine rings is 1. The summed E-state index contributed by atoms with van der Waals surface area (Å²) in [5, 5.41) is 6.01. The number of aromatic nitrogens is 4. The first-order valence-corrected chi connectivity index (χ1v) is 15.3. The summed E-state index contributed by atoms with van der Waals surface area (Å²) >= 11 is 12.1. The summed E-state index contributed by atoms with van der Waals surface area (Å²) in [5.74, 6) is 1.55. The van der Waals surface area contributed by atoms with Crippen LogP contribution in [0.3, 0.4) is 0 Å². The van der Waals surface area contributed by atoms with Crippen molar-refractivity contribution in [2.45, 2.75) is 13.0 Å². The van der Waals surface area contributed by atoms with Crippen LogP contribution in [0.1, 0.15) is 18.1 Å². The number of hydrogen-bond acceptors (Lipinski definition) is 12. The number of likely N-dealkylation sites (N-methyl/N-ethyl adjacent to an activating group) is 2. The lowest BCUT2D eigenvalue weighted by Gasteiger charge is -2.40. The zero-order chi connectivity index (χ0) is 31.4. The Bertz CT molecular complexity index is 1700. The summed E-state index contributed by atoms with van der Waals surface area (Å²) < 4.78 is 0. The van der Waals surface area contributed by atoms with Crippen molar-refractivity contribution in [3.05, 3.63) is 45.7 Å². The first kappa shape index (κ1) is 31.6. The lowest BCUT2D eigenvalue weighted by Crippen LogP contribution is -2.57. The molecule has 0 radical (unpaired) electrons. The van der Waals surface area contributed by atoms with E-state index in [1.807, 2.05) is 19.2 Å². The Morgan fingerprint density at radius 2 is 1.32 bits per heavy atom. The molecular weight excluding hydrogens is 599 g/mol. The number of nitrogens with zero attached hydrogens (tertiary/aromatic N) is 9. The van der Waals surface area contributed by atoms with Crippen molar-refractivity contribution < 1.29 is 0 Å². The number of aliphatic imine (C=N–C) groups is 2. The second-order valence-corrected chi connectivity index (χ2v) is 11.5. The molecule has 6 rings (SSSR count). The van der Waals surface area contributed by atoms with E-state index < -0.39 is 0 Å². The molecule has 2 fully saturated rings. The monoisotopic (exact) mass is 636 g/mol. The fraction of sp³-hybridized carbons (Fsp3) is 0.400. The first-order valence-electron chi connectivity index (χ1n) is 14.5. The first-order chi connectivity index (χ1) is 21.3. The molecule has 4 aromatic rings. The van der Waals surface area contributed by atoms with Gasteiger partial charge in [0.1, 0.15) is 0 Å². The average molecular weight is 638 g/mol. The molecule has 14 heteroatoms. The van der Waals surface area contributed by atoms with Gasteiger partial charge < -0.3 is 31.5 Å². The minimum atomic E-state index is 0.475. The van der Waals surface area contributed by atoms with Crippen molar-refractivity contribution in [1.29, 1.82) is 0 Å². The van der Waals surface area contributed by atoms with Gasteiger partial charge in [0, 0.05) is 106 Å². The Morgan fingerprint density at radius 1 is 0.841 bits per heavy atom. The largest absolute Gasteiger partial charge is 0.395 e. The number of hydrogen-bond donors (Lipinski definition) is 3. The van der Waals surface area contributed by atoms with Crippen LogP contribution in [0.5, 0.6) is 0 Å². The van der Waals surface area contributed by atoms with Gasteiger partial charge in [-0.25, -0.2) is 19.9 Å². The second kappa shape index (κ2) is 13.9. The predicted molar refractivity (Wildman–Crippen MR) is 184 cm³/mol. The molecular formula is C30H38Cl2N12. The SMILES string of the molecule is CCN1CCN(c2nc3ncc(Cl)cc3c(C=NC)c2N)CC1.CN=Cc1c(N)c(N2CC(NC)C2)nc2ncc(Cl)cc12. The average Bonchev–Trinajstić information content (AvgIpc) is 3.00. The quantitative estimate of drug-likeness (QED) is 0.269. The van der Waals surface area contributed by atoms with Crippen molar-refractivity contribution in [2.24, 2.45) is 9.98 Å². The maximum absolute atomic E-state index is 6.40. The van der Waals surface area contributed by atoms with E-state index in [1.165, 1.54) is 0 Å². The van der Waals surface area contributed by atoms with E-state index in [-0.39, 0.29) is 0 Å². The molecule has 0 aromatic carbocycles. The van der Waals surface area contributed by atoms with Crippen LogP contribution in [0.15, 0.2) is 34.5 Å². The second-order valence-electron chi connectivity index (χ2n) is 10.7. The Labute approximate surface area is 267 Å². The molecule has 0 amide bonds. The molecule has 6 heterocycles. The summed E-state index contributed by atoms with van der Waals surface area (Å²) in [7, 11) is 5.39. The Kier molecular flexibility index (Phi) is 9.94. The van der Waals surface area contributed by atoms with Gasteiger partial charge in [-0.3, -0.25) is 9.98 Å². The van der Waals surface area contributed by atoms with Crippen LogP contribution in [0.2, 0.25) is 10.0 Å². The van der Waals surface area contributed by atoms with Gasteiger partial charge in [0.25, 0.3) is 0 Å². The molecule has 0 aliphatic carbocycles. The molecule has 232 valence electrons. The molecule has 2 saturated heterocycles. The third-order valence-corrected chi connectivity index (χ3v) is 8.37. The van der Waals surface area contributed by atoms with Crippen LogP contribution < -0.4 is 26.6 Å².